The van der Waals surface area contributed by atoms with Gasteiger partial charge in [0.1, 0.15) is 35.3 Å². The predicted octanol–water partition coefficient (Wildman–Crippen LogP) is 9.74. The number of thiophene rings is 1. The number of rotatable bonds is 12. The van der Waals surface area contributed by atoms with Crippen LogP contribution in [0.15, 0.2) is 60.9 Å². The van der Waals surface area contributed by atoms with Gasteiger partial charge in [0.15, 0.2) is 0 Å². The highest BCUT2D eigenvalue weighted by atomic mass is 32.1. The van der Waals surface area contributed by atoms with Crippen LogP contribution in [0.3, 0.4) is 0 Å². The molecule has 73 heavy (non-hydrogen) atoms. The van der Waals surface area contributed by atoms with E-state index in [2.05, 4.69) is 43.4 Å². The molecule has 11 rings (SSSR count). The lowest BCUT2D eigenvalue weighted by atomic mass is 9.82. The third-order valence-electron chi connectivity index (χ3n) is 15.3. The Morgan fingerprint density at radius 2 is 1.47 bits per heavy atom. The minimum absolute atomic E-state index is 0.127. The summed E-state index contributed by atoms with van der Waals surface area (Å²) in [6.45, 7) is 9.30. The number of methoxy groups -OCH3 is 2. The van der Waals surface area contributed by atoms with Gasteiger partial charge in [0, 0.05) is 41.1 Å². The summed E-state index contributed by atoms with van der Waals surface area (Å²) in [5.74, 6) is 1.06. The number of nitrogens with one attached hydrogen (secondary N) is 4. The molecule has 0 bridgehead atoms. The first-order valence-electron chi connectivity index (χ1n) is 25.5. The van der Waals surface area contributed by atoms with Gasteiger partial charge in [0.2, 0.25) is 18.0 Å². The number of halogens is 1. The number of H-pyrrole nitrogens is 2. The normalized spacial score (nSPS) is 22.1. The summed E-state index contributed by atoms with van der Waals surface area (Å²) in [5, 5.41) is 6.44. The zero-order valence-corrected chi connectivity index (χ0v) is 42.8. The number of alkyl carbamates (subject to hydrolysis) is 2. The van der Waals surface area contributed by atoms with E-state index >= 15 is 4.39 Å². The van der Waals surface area contributed by atoms with E-state index in [9.17, 15) is 19.2 Å². The molecule has 0 spiro atoms. The Kier molecular flexibility index (Phi) is 12.8. The number of benzene rings is 2. The Labute approximate surface area is 426 Å². The van der Waals surface area contributed by atoms with Crippen LogP contribution in [-0.2, 0) is 23.8 Å². The summed E-state index contributed by atoms with van der Waals surface area (Å²) in [5.41, 5.74) is 4.25. The van der Waals surface area contributed by atoms with Crippen molar-refractivity contribution in [3.63, 3.8) is 0 Å². The molecule has 4 fully saturated rings. The number of hydrogen-bond acceptors (Lipinski definition) is 11. The molecule has 17 nitrogen and oxygen atoms in total. The summed E-state index contributed by atoms with van der Waals surface area (Å²) in [4.78, 5) is 75.4. The van der Waals surface area contributed by atoms with Crippen molar-refractivity contribution in [2.45, 2.75) is 121 Å². The highest BCUT2D eigenvalue weighted by molar-refractivity contribution is 7.12. The fraction of sp³-hybridized carbons (Fsp3) is 0.481. The molecule has 3 saturated heterocycles. The average Bonchev–Trinajstić information content (AvgIpc) is 4.11. The second kappa shape index (κ2) is 19.3. The number of carbonyl (C=O) groups is 4. The molecule has 19 heteroatoms. The van der Waals surface area contributed by atoms with Crippen molar-refractivity contribution in [3.8, 4) is 39.5 Å². The minimum atomic E-state index is -0.773. The molecule has 6 atom stereocenters. The predicted molar refractivity (Wildman–Crippen MR) is 271 cm³/mol. The van der Waals surface area contributed by atoms with Crippen LogP contribution in [-0.4, -0.2) is 110 Å². The van der Waals surface area contributed by atoms with E-state index in [0.717, 1.165) is 52.7 Å². The van der Waals surface area contributed by atoms with Gasteiger partial charge in [-0.15, -0.1) is 11.3 Å². The number of imidazole rings is 2. The molecule has 4 aliphatic heterocycles. The lowest BCUT2D eigenvalue weighted by Gasteiger charge is -2.40. The van der Waals surface area contributed by atoms with E-state index < -0.39 is 41.9 Å². The van der Waals surface area contributed by atoms with Crippen LogP contribution < -0.4 is 15.4 Å². The molecule has 1 saturated carbocycles. The number of aromatic amines is 2. The molecule has 1 aliphatic carbocycles. The number of ether oxygens (including phenoxy) is 4. The van der Waals surface area contributed by atoms with Gasteiger partial charge in [-0.05, 0) is 125 Å². The van der Waals surface area contributed by atoms with Crippen LogP contribution in [0, 0.1) is 17.7 Å². The van der Waals surface area contributed by atoms with Gasteiger partial charge in [0.25, 0.3) is 0 Å². The molecule has 4 amide bonds. The van der Waals surface area contributed by atoms with Crippen molar-refractivity contribution >= 4 is 46.2 Å². The minimum Gasteiger partial charge on any atom is -0.464 e. The highest BCUT2D eigenvalue weighted by Crippen LogP contribution is 2.50. The van der Waals surface area contributed by atoms with Crippen LogP contribution in [0.25, 0.3) is 44.7 Å². The van der Waals surface area contributed by atoms with Crippen LogP contribution in [0.5, 0.6) is 5.75 Å². The van der Waals surface area contributed by atoms with Crippen molar-refractivity contribution in [1.29, 1.82) is 0 Å². The highest BCUT2D eigenvalue weighted by Gasteiger charge is 2.44. The van der Waals surface area contributed by atoms with Crippen molar-refractivity contribution < 1.29 is 42.5 Å². The third kappa shape index (κ3) is 9.23. The van der Waals surface area contributed by atoms with Crippen molar-refractivity contribution in [1.82, 2.24) is 44.9 Å². The van der Waals surface area contributed by atoms with Gasteiger partial charge in [-0.2, -0.15) is 0 Å². The molecular formula is C54H62FN9O8S. The van der Waals surface area contributed by atoms with Gasteiger partial charge in [0.05, 0.1) is 77.3 Å². The van der Waals surface area contributed by atoms with Crippen molar-refractivity contribution in [2.75, 3.05) is 33.9 Å². The molecule has 4 aromatic heterocycles. The Bertz CT molecular complexity index is 3100. The van der Waals surface area contributed by atoms with Gasteiger partial charge >= 0.3 is 12.2 Å². The SMILES string of the molecule is COC(=O)N[C@H](C(=O)N1CCC[C@H]1c1ncc(-c2ccc3c(c2)cc2n3[C@H](c3ccc(C4CC4)s3)Oc3cc(-c4cnc([C@@H]5CCCN5C(=O)[C@H](NC(=O)OC)C(C)C)[nH]4)cc(F)c3-2)[nH]1)[C@@H]1CCOC(C)(C)C1. The van der Waals surface area contributed by atoms with E-state index in [1.807, 2.05) is 56.9 Å². The Morgan fingerprint density at radius 3 is 2.12 bits per heavy atom. The van der Waals surface area contributed by atoms with Crippen LogP contribution in [0.2, 0.25) is 0 Å². The smallest absolute Gasteiger partial charge is 0.407 e. The molecule has 0 unspecified atom stereocenters. The summed E-state index contributed by atoms with van der Waals surface area (Å²) < 4.78 is 41.7. The summed E-state index contributed by atoms with van der Waals surface area (Å²) >= 11 is 1.73. The topological polar surface area (TPSA) is 198 Å². The number of carbonyl (C=O) groups excluding carboxylic acids is 4. The molecule has 384 valence electrons. The van der Waals surface area contributed by atoms with Gasteiger partial charge in [-0.1, -0.05) is 19.9 Å². The second-order valence-corrected chi connectivity index (χ2v) is 22.2. The first-order chi connectivity index (χ1) is 35.2. The third-order valence-corrected chi connectivity index (χ3v) is 16.6. The van der Waals surface area contributed by atoms with E-state index in [0.29, 0.717) is 91.2 Å². The number of nitrogens with zero attached hydrogens (tertiary/aromatic N) is 5. The maximum absolute atomic E-state index is 17.0. The maximum Gasteiger partial charge on any atom is 0.407 e. The first-order valence-corrected chi connectivity index (χ1v) is 26.3. The molecule has 8 heterocycles. The quantitative estimate of drug-likeness (QED) is 0.0916. The van der Waals surface area contributed by atoms with E-state index in [1.165, 1.54) is 25.2 Å². The van der Waals surface area contributed by atoms with Crippen LogP contribution in [0.1, 0.15) is 125 Å². The zero-order valence-electron chi connectivity index (χ0n) is 42.0. The molecule has 4 N–H and O–H groups in total. The monoisotopic (exact) mass is 1020 g/mol. The zero-order chi connectivity index (χ0) is 50.9. The average molecular weight is 1020 g/mol. The van der Waals surface area contributed by atoms with Gasteiger partial charge in [-0.25, -0.2) is 23.9 Å². The fourth-order valence-corrected chi connectivity index (χ4v) is 12.7. The van der Waals surface area contributed by atoms with Crippen LogP contribution >= 0.6 is 11.3 Å². The molecular weight excluding hydrogens is 954 g/mol. The number of hydrogen-bond donors (Lipinski definition) is 4. The number of amides is 4. The summed E-state index contributed by atoms with van der Waals surface area (Å²) in [6.07, 6.45) is 8.09. The standard InChI is InChI=1S/C54H62FN9O8S/c1-28(2)45(60-52(67)69-5)49(65)62-18-7-9-38(62)48-57-27-36(59-48)32-22-34(55)44-40-23-33-21-30(13-14-37(33)64(40)51(72-41(44)24-32)43-16-15-42(73-43)29-11-12-29)35-26-56-47(58-35)39-10-8-19-63(39)50(66)46(61-53(68)70-6)31-17-20-71-54(3,4)25-31/h13-16,21-24,26-29,31,38-39,45-46,51H,7-12,17-20,25H2,1-6H3,(H,56,58)(H,57,59)(H,60,67)(H,61,68)/t31-,38+,39+,45-,46+,51+/m1/s1. The molecule has 0 radical (unpaired) electrons. The molecule has 6 aromatic rings. The largest absolute Gasteiger partial charge is 0.464 e. The van der Waals surface area contributed by atoms with E-state index in [1.54, 1.807) is 28.6 Å². The number of fused-ring (bicyclic) bond motifs is 5. The number of aromatic nitrogens is 5. The van der Waals surface area contributed by atoms with Gasteiger partial charge in [-0.3, -0.25) is 14.2 Å². The number of likely N-dealkylation sites (tertiary alicyclic amines) is 2. The van der Waals surface area contributed by atoms with Crippen molar-refractivity contribution in [2.24, 2.45) is 11.8 Å². The van der Waals surface area contributed by atoms with Crippen LogP contribution in [0.4, 0.5) is 14.0 Å². The Balaban J connectivity index is 0.893. The first kappa shape index (κ1) is 48.5. The lowest BCUT2D eigenvalue weighted by molar-refractivity contribution is -0.139. The van der Waals surface area contributed by atoms with E-state index in [4.69, 9.17) is 28.9 Å². The summed E-state index contributed by atoms with van der Waals surface area (Å²) in [7, 11) is 2.57. The maximum atomic E-state index is 17.0. The molecule has 2 aromatic carbocycles. The summed E-state index contributed by atoms with van der Waals surface area (Å²) in [6, 6.07) is 13.6. The van der Waals surface area contributed by atoms with Gasteiger partial charge < -0.3 is 49.3 Å². The second-order valence-electron chi connectivity index (χ2n) is 21.1. The molecule has 5 aliphatic rings. The van der Waals surface area contributed by atoms with E-state index in [-0.39, 0.29) is 35.7 Å². The fourth-order valence-electron chi connectivity index (χ4n) is 11.5. The van der Waals surface area contributed by atoms with Crippen molar-refractivity contribution in [3.05, 3.63) is 88.1 Å². The Hall–Kier alpha value is -6.73. The Morgan fingerprint density at radius 1 is 0.808 bits per heavy atom. The lowest BCUT2D eigenvalue weighted by Crippen LogP contribution is -2.54.